The molecule has 3 rings (SSSR count). The van der Waals surface area contributed by atoms with Crippen molar-refractivity contribution in [1.29, 1.82) is 0 Å². The van der Waals surface area contributed by atoms with Crippen molar-refractivity contribution < 1.29 is 9.52 Å². The molecule has 0 aliphatic carbocycles. The smallest absolute Gasteiger partial charge is 0.225 e. The summed E-state index contributed by atoms with van der Waals surface area (Å²) in [5.41, 5.74) is -1.14. The molecular formula is C20H32IN7O2. The standard InChI is InChI=1S/C20H31N7O2.HI/c1-3-21-18(25-16-20(2,28)17-6-4-15-29-17)22-9-10-26-11-13-27(14-12-26)19-23-7-5-8-24-19;/h4-8,15,28H,3,9-14,16H2,1-2H3,(H2,21,22,25);1H. The van der Waals surface area contributed by atoms with Gasteiger partial charge in [-0.15, -0.1) is 24.0 Å². The molecule has 2 aromatic rings. The quantitative estimate of drug-likeness (QED) is 0.267. The van der Waals surface area contributed by atoms with E-state index in [1.165, 1.54) is 0 Å². The summed E-state index contributed by atoms with van der Waals surface area (Å²) in [5, 5.41) is 17.1. The first-order chi connectivity index (χ1) is 14.1. The van der Waals surface area contributed by atoms with Gasteiger partial charge >= 0.3 is 0 Å². The van der Waals surface area contributed by atoms with Crippen molar-refractivity contribution in [3.8, 4) is 0 Å². The number of aliphatic imine (C=N–C) groups is 1. The van der Waals surface area contributed by atoms with Gasteiger partial charge in [-0.1, -0.05) is 0 Å². The number of piperazine rings is 1. The number of furan rings is 1. The van der Waals surface area contributed by atoms with Crippen LogP contribution in [0.2, 0.25) is 0 Å². The Balaban J connectivity index is 0.00000320. The molecule has 1 fully saturated rings. The van der Waals surface area contributed by atoms with E-state index in [0.717, 1.165) is 51.8 Å². The van der Waals surface area contributed by atoms with Crippen LogP contribution in [-0.4, -0.2) is 78.3 Å². The third kappa shape index (κ3) is 7.10. The molecule has 166 valence electrons. The van der Waals surface area contributed by atoms with E-state index in [2.05, 4.69) is 35.4 Å². The third-order valence-corrected chi connectivity index (χ3v) is 4.87. The number of aliphatic hydroxyl groups is 1. The van der Waals surface area contributed by atoms with Crippen molar-refractivity contribution in [1.82, 2.24) is 25.5 Å². The Bertz CT molecular complexity index is 748. The predicted octanol–water partition coefficient (Wildman–Crippen LogP) is 1.27. The van der Waals surface area contributed by atoms with Crippen molar-refractivity contribution in [2.45, 2.75) is 19.4 Å². The highest BCUT2D eigenvalue weighted by Crippen LogP contribution is 2.21. The van der Waals surface area contributed by atoms with Gasteiger partial charge in [-0.05, 0) is 32.0 Å². The van der Waals surface area contributed by atoms with E-state index in [1.54, 1.807) is 37.7 Å². The molecule has 3 N–H and O–H groups in total. The van der Waals surface area contributed by atoms with Crippen molar-refractivity contribution >= 4 is 35.9 Å². The topological polar surface area (TPSA) is 102 Å². The summed E-state index contributed by atoms with van der Waals surface area (Å²) in [6.07, 6.45) is 5.12. The second-order valence-electron chi connectivity index (χ2n) is 7.25. The number of hydrogen-bond acceptors (Lipinski definition) is 7. The predicted molar refractivity (Wildman–Crippen MR) is 128 cm³/mol. The van der Waals surface area contributed by atoms with Crippen molar-refractivity contribution in [2.75, 3.05) is 57.3 Å². The Morgan fingerprint density at radius 2 is 1.93 bits per heavy atom. The van der Waals surface area contributed by atoms with E-state index in [1.807, 2.05) is 13.0 Å². The first-order valence-electron chi connectivity index (χ1n) is 10.1. The number of nitrogens with one attached hydrogen (secondary N) is 2. The summed E-state index contributed by atoms with van der Waals surface area (Å²) in [5.74, 6) is 2.00. The molecule has 1 aliphatic heterocycles. The average Bonchev–Trinajstić information content (AvgIpc) is 3.29. The monoisotopic (exact) mass is 529 g/mol. The molecule has 0 amide bonds. The summed E-state index contributed by atoms with van der Waals surface area (Å²) in [6.45, 7) is 10.2. The lowest BCUT2D eigenvalue weighted by Gasteiger charge is -2.34. The van der Waals surface area contributed by atoms with Crippen LogP contribution in [0, 0.1) is 0 Å². The third-order valence-electron chi connectivity index (χ3n) is 4.87. The van der Waals surface area contributed by atoms with Gasteiger partial charge in [0, 0.05) is 58.2 Å². The molecule has 0 saturated carbocycles. The Labute approximate surface area is 195 Å². The number of aromatic nitrogens is 2. The van der Waals surface area contributed by atoms with E-state index in [0.29, 0.717) is 11.7 Å². The Morgan fingerprint density at radius 1 is 1.20 bits per heavy atom. The van der Waals surface area contributed by atoms with Crippen molar-refractivity contribution in [2.24, 2.45) is 4.99 Å². The average molecular weight is 529 g/mol. The van der Waals surface area contributed by atoms with Crippen LogP contribution in [0.1, 0.15) is 19.6 Å². The second-order valence-corrected chi connectivity index (χ2v) is 7.25. The van der Waals surface area contributed by atoms with E-state index in [9.17, 15) is 5.11 Å². The molecule has 2 aromatic heterocycles. The minimum atomic E-state index is -1.14. The fraction of sp³-hybridized carbons (Fsp3) is 0.550. The Morgan fingerprint density at radius 3 is 2.57 bits per heavy atom. The largest absolute Gasteiger partial charge is 0.466 e. The van der Waals surface area contributed by atoms with Crippen LogP contribution >= 0.6 is 24.0 Å². The minimum Gasteiger partial charge on any atom is -0.466 e. The molecular weight excluding hydrogens is 497 g/mol. The summed E-state index contributed by atoms with van der Waals surface area (Å²) in [4.78, 5) is 17.8. The maximum atomic E-state index is 10.6. The SMILES string of the molecule is CCNC(=NCC(C)(O)c1ccco1)NCCN1CCN(c2ncccn2)CC1.I. The summed E-state index contributed by atoms with van der Waals surface area (Å²) < 4.78 is 5.31. The molecule has 1 atom stereocenters. The van der Waals surface area contributed by atoms with E-state index in [4.69, 9.17) is 4.42 Å². The van der Waals surface area contributed by atoms with Crippen molar-refractivity contribution in [3.05, 3.63) is 42.6 Å². The van der Waals surface area contributed by atoms with Gasteiger partial charge in [0.1, 0.15) is 11.4 Å². The van der Waals surface area contributed by atoms with Gasteiger partial charge in [0.2, 0.25) is 5.95 Å². The molecule has 0 radical (unpaired) electrons. The van der Waals surface area contributed by atoms with Crippen LogP contribution in [0.5, 0.6) is 0 Å². The van der Waals surface area contributed by atoms with Gasteiger partial charge in [-0.3, -0.25) is 4.90 Å². The fourth-order valence-electron chi connectivity index (χ4n) is 3.20. The molecule has 1 saturated heterocycles. The number of guanidine groups is 1. The van der Waals surface area contributed by atoms with E-state index >= 15 is 0 Å². The first kappa shape index (κ1) is 24.4. The molecule has 1 aliphatic rings. The van der Waals surface area contributed by atoms with Crippen LogP contribution in [0.4, 0.5) is 5.95 Å². The van der Waals surface area contributed by atoms with E-state index < -0.39 is 5.60 Å². The number of anilines is 1. The summed E-state index contributed by atoms with van der Waals surface area (Å²) in [6, 6.07) is 5.36. The highest BCUT2D eigenvalue weighted by Gasteiger charge is 2.26. The van der Waals surface area contributed by atoms with Gasteiger partial charge in [0.05, 0.1) is 12.8 Å². The van der Waals surface area contributed by atoms with Gasteiger partial charge in [0.15, 0.2) is 5.96 Å². The molecule has 3 heterocycles. The Hall–Kier alpha value is -1.92. The lowest BCUT2D eigenvalue weighted by Crippen LogP contribution is -2.49. The molecule has 0 bridgehead atoms. The molecule has 1 unspecified atom stereocenters. The maximum Gasteiger partial charge on any atom is 0.225 e. The van der Waals surface area contributed by atoms with Gasteiger partial charge in [-0.2, -0.15) is 0 Å². The summed E-state index contributed by atoms with van der Waals surface area (Å²) in [7, 11) is 0. The van der Waals surface area contributed by atoms with Crippen LogP contribution < -0.4 is 15.5 Å². The number of halogens is 1. The number of rotatable bonds is 8. The second kappa shape index (κ2) is 12.1. The zero-order valence-corrected chi connectivity index (χ0v) is 20.0. The van der Waals surface area contributed by atoms with Crippen LogP contribution in [0.25, 0.3) is 0 Å². The minimum absolute atomic E-state index is 0. The highest BCUT2D eigenvalue weighted by atomic mass is 127. The highest BCUT2D eigenvalue weighted by molar-refractivity contribution is 14.0. The molecule has 30 heavy (non-hydrogen) atoms. The normalized spacial score (nSPS) is 17.2. The first-order valence-corrected chi connectivity index (χ1v) is 10.1. The van der Waals surface area contributed by atoms with Crippen LogP contribution in [-0.2, 0) is 5.60 Å². The molecule has 10 heteroatoms. The van der Waals surface area contributed by atoms with Gasteiger partial charge in [0.25, 0.3) is 0 Å². The summed E-state index contributed by atoms with van der Waals surface area (Å²) >= 11 is 0. The zero-order chi connectivity index (χ0) is 20.5. The molecule has 0 spiro atoms. The van der Waals surface area contributed by atoms with Crippen molar-refractivity contribution in [3.63, 3.8) is 0 Å². The lowest BCUT2D eigenvalue weighted by molar-refractivity contribution is 0.0437. The van der Waals surface area contributed by atoms with Gasteiger partial charge < -0.3 is 25.1 Å². The van der Waals surface area contributed by atoms with E-state index in [-0.39, 0.29) is 30.5 Å². The maximum absolute atomic E-state index is 10.6. The fourth-order valence-corrected chi connectivity index (χ4v) is 3.20. The Kier molecular flexibility index (Phi) is 9.79. The van der Waals surface area contributed by atoms with Crippen LogP contribution in [0.15, 0.2) is 46.3 Å². The zero-order valence-electron chi connectivity index (χ0n) is 17.6. The number of nitrogens with zero attached hydrogens (tertiary/aromatic N) is 5. The van der Waals surface area contributed by atoms with Gasteiger partial charge in [-0.25, -0.2) is 15.0 Å². The van der Waals surface area contributed by atoms with Crippen LogP contribution in [0.3, 0.4) is 0 Å². The molecule has 9 nitrogen and oxygen atoms in total. The lowest BCUT2D eigenvalue weighted by atomic mass is 10.0. The molecule has 0 aromatic carbocycles. The number of hydrogen-bond donors (Lipinski definition) is 3.